The molecule has 2 aliphatic heterocycles. The fraction of sp³-hybridized carbons (Fsp3) is 0.625. The van der Waals surface area contributed by atoms with Crippen molar-refractivity contribution in [1.82, 2.24) is 15.1 Å². The van der Waals surface area contributed by atoms with Gasteiger partial charge in [0, 0.05) is 26.2 Å². The third-order valence-electron chi connectivity index (χ3n) is 6.95. The minimum Gasteiger partial charge on any atom is -0.370 e. The average molecular weight is 507 g/mol. The number of amides is 2. The third-order valence-corrected chi connectivity index (χ3v) is 9.22. The van der Waals surface area contributed by atoms with Crippen molar-refractivity contribution in [2.24, 2.45) is 11.7 Å². The highest BCUT2D eigenvalue weighted by Crippen LogP contribution is 2.27. The van der Waals surface area contributed by atoms with E-state index in [4.69, 9.17) is 11.1 Å². The molecule has 194 valence electrons. The molecule has 0 saturated carbocycles. The van der Waals surface area contributed by atoms with Gasteiger partial charge in [-0.2, -0.15) is 0 Å². The fourth-order valence-corrected chi connectivity index (χ4v) is 6.18. The van der Waals surface area contributed by atoms with Crippen molar-refractivity contribution >= 4 is 33.5 Å². The molecule has 1 aromatic rings. The number of hydrogen-bond acceptors (Lipinski definition) is 5. The molecule has 0 spiro atoms. The zero-order valence-electron chi connectivity index (χ0n) is 20.8. The van der Waals surface area contributed by atoms with Crippen LogP contribution in [-0.2, 0) is 19.6 Å². The van der Waals surface area contributed by atoms with Gasteiger partial charge < -0.3 is 20.9 Å². The Bertz CT molecular complexity index is 1010. The Kier molecular flexibility index (Phi) is 8.63. The number of carbonyl (C=O) groups excluding carboxylic acids is 2. The van der Waals surface area contributed by atoms with Crippen LogP contribution in [0, 0.1) is 11.3 Å². The SMILES string of the molecule is CC(C)S(=O)(=O)N(c1ccccc1)[C@@H](C)C(=O)N1CCC[C@H]1C(=O)NCC1CCN(C(=N)N)CC1. The lowest BCUT2D eigenvalue weighted by atomic mass is 9.97. The molecule has 1 aromatic carbocycles. The molecule has 2 atom stereocenters. The first-order valence-corrected chi connectivity index (χ1v) is 13.8. The molecule has 2 heterocycles. The molecular formula is C24H38N6O4S. The topological polar surface area (TPSA) is 140 Å². The number of hydrogen-bond donors (Lipinski definition) is 3. The minimum atomic E-state index is -3.78. The highest BCUT2D eigenvalue weighted by atomic mass is 32.2. The highest BCUT2D eigenvalue weighted by Gasteiger charge is 2.41. The number of likely N-dealkylation sites (tertiary alicyclic amines) is 2. The second kappa shape index (κ2) is 11.3. The molecule has 0 unspecified atom stereocenters. The summed E-state index contributed by atoms with van der Waals surface area (Å²) in [6.45, 7) is 7.09. The summed E-state index contributed by atoms with van der Waals surface area (Å²) in [6, 6.07) is 7.03. The predicted molar refractivity (Wildman–Crippen MR) is 136 cm³/mol. The minimum absolute atomic E-state index is 0.0748. The first-order chi connectivity index (χ1) is 16.5. The first-order valence-electron chi connectivity index (χ1n) is 12.3. The van der Waals surface area contributed by atoms with E-state index in [0.717, 1.165) is 12.8 Å². The molecule has 10 nitrogen and oxygen atoms in total. The summed E-state index contributed by atoms with van der Waals surface area (Å²) in [4.78, 5) is 29.9. The quantitative estimate of drug-likeness (QED) is 0.359. The van der Waals surface area contributed by atoms with Crippen LogP contribution in [0.25, 0.3) is 0 Å². The number of anilines is 1. The van der Waals surface area contributed by atoms with Gasteiger partial charge in [-0.25, -0.2) is 8.42 Å². The van der Waals surface area contributed by atoms with Crippen LogP contribution in [0.1, 0.15) is 46.5 Å². The van der Waals surface area contributed by atoms with Gasteiger partial charge in [0.15, 0.2) is 5.96 Å². The second-order valence-electron chi connectivity index (χ2n) is 9.65. The molecule has 2 amide bonds. The number of guanidine groups is 1. The summed E-state index contributed by atoms with van der Waals surface area (Å²) in [7, 11) is -3.78. The van der Waals surface area contributed by atoms with Crippen molar-refractivity contribution in [3.8, 4) is 0 Å². The Labute approximate surface area is 208 Å². The lowest BCUT2D eigenvalue weighted by Crippen LogP contribution is -2.55. The lowest BCUT2D eigenvalue weighted by molar-refractivity contribution is -0.139. The van der Waals surface area contributed by atoms with Gasteiger partial charge in [-0.15, -0.1) is 0 Å². The average Bonchev–Trinajstić information content (AvgIpc) is 3.33. The molecule has 0 radical (unpaired) electrons. The maximum absolute atomic E-state index is 13.6. The molecule has 3 rings (SSSR count). The van der Waals surface area contributed by atoms with Gasteiger partial charge in [-0.1, -0.05) is 18.2 Å². The first kappa shape index (κ1) is 26.8. The second-order valence-corrected chi connectivity index (χ2v) is 12.0. The van der Waals surface area contributed by atoms with E-state index in [1.54, 1.807) is 51.1 Å². The smallest absolute Gasteiger partial charge is 0.246 e. The monoisotopic (exact) mass is 506 g/mol. The molecular weight excluding hydrogens is 468 g/mol. The molecule has 2 saturated heterocycles. The van der Waals surface area contributed by atoms with Gasteiger partial charge in [-0.05, 0) is 64.5 Å². The number of carbonyl (C=O) groups is 2. The van der Waals surface area contributed by atoms with E-state index in [9.17, 15) is 18.0 Å². The summed E-state index contributed by atoms with van der Waals surface area (Å²) in [5, 5.41) is 9.84. The molecule has 35 heavy (non-hydrogen) atoms. The van der Waals surface area contributed by atoms with Gasteiger partial charge in [0.2, 0.25) is 21.8 Å². The van der Waals surface area contributed by atoms with Crippen molar-refractivity contribution < 1.29 is 18.0 Å². The van der Waals surface area contributed by atoms with Gasteiger partial charge >= 0.3 is 0 Å². The van der Waals surface area contributed by atoms with E-state index in [0.29, 0.717) is 50.6 Å². The molecule has 0 bridgehead atoms. The molecule has 4 N–H and O–H groups in total. The van der Waals surface area contributed by atoms with Crippen LogP contribution in [0.3, 0.4) is 0 Å². The number of para-hydroxylation sites is 1. The van der Waals surface area contributed by atoms with Crippen LogP contribution in [-0.4, -0.2) is 79.5 Å². The summed E-state index contributed by atoms with van der Waals surface area (Å²) in [5.41, 5.74) is 5.98. The van der Waals surface area contributed by atoms with E-state index in [2.05, 4.69) is 5.32 Å². The van der Waals surface area contributed by atoms with E-state index >= 15 is 0 Å². The maximum atomic E-state index is 13.6. The Morgan fingerprint density at radius 2 is 1.74 bits per heavy atom. The van der Waals surface area contributed by atoms with Crippen LogP contribution >= 0.6 is 0 Å². The lowest BCUT2D eigenvalue weighted by Gasteiger charge is -2.35. The van der Waals surface area contributed by atoms with Crippen molar-refractivity contribution in [3.63, 3.8) is 0 Å². The number of piperidine rings is 1. The summed E-state index contributed by atoms with van der Waals surface area (Å²) in [6.07, 6.45) is 2.91. The Hall–Kier alpha value is -2.82. The number of nitrogens with two attached hydrogens (primary N) is 1. The van der Waals surface area contributed by atoms with E-state index < -0.39 is 27.4 Å². The van der Waals surface area contributed by atoms with Gasteiger partial charge in [-0.3, -0.25) is 19.3 Å². The van der Waals surface area contributed by atoms with Gasteiger partial charge in [0.25, 0.3) is 0 Å². The van der Waals surface area contributed by atoms with Crippen LogP contribution in [0.5, 0.6) is 0 Å². The zero-order valence-corrected chi connectivity index (χ0v) is 21.6. The van der Waals surface area contributed by atoms with Crippen molar-refractivity contribution in [2.45, 2.75) is 63.8 Å². The van der Waals surface area contributed by atoms with Crippen LogP contribution in [0.4, 0.5) is 5.69 Å². The van der Waals surface area contributed by atoms with Crippen molar-refractivity contribution in [3.05, 3.63) is 30.3 Å². The summed E-state index contributed by atoms with van der Waals surface area (Å²) in [5.74, 6) is -0.199. The number of sulfonamides is 1. The standard InChI is InChI=1S/C24H38N6O4S/c1-17(2)35(33,34)30(20-8-5-4-6-9-20)18(3)23(32)29-13-7-10-21(29)22(31)27-16-19-11-14-28(15-12-19)24(25)26/h4-6,8-9,17-19,21H,7,10-16H2,1-3H3,(H3,25,26)(H,27,31)/t18-,21-/m0/s1. The van der Waals surface area contributed by atoms with Crippen molar-refractivity contribution in [1.29, 1.82) is 5.41 Å². The van der Waals surface area contributed by atoms with Crippen molar-refractivity contribution in [2.75, 3.05) is 30.5 Å². The number of nitrogens with zero attached hydrogens (tertiary/aromatic N) is 3. The number of nitrogens with one attached hydrogen (secondary N) is 2. The van der Waals surface area contributed by atoms with Crippen LogP contribution in [0.2, 0.25) is 0 Å². The van der Waals surface area contributed by atoms with E-state index in [1.165, 1.54) is 9.21 Å². The molecule has 2 aliphatic rings. The Morgan fingerprint density at radius 1 is 1.11 bits per heavy atom. The zero-order chi connectivity index (χ0) is 25.8. The maximum Gasteiger partial charge on any atom is 0.246 e. The third kappa shape index (κ3) is 6.06. The van der Waals surface area contributed by atoms with Gasteiger partial charge in [0.05, 0.1) is 10.9 Å². The van der Waals surface area contributed by atoms with Crippen LogP contribution in [0.15, 0.2) is 30.3 Å². The number of rotatable bonds is 8. The predicted octanol–water partition coefficient (Wildman–Crippen LogP) is 1.33. The molecule has 0 aromatic heterocycles. The highest BCUT2D eigenvalue weighted by molar-refractivity contribution is 7.93. The largest absolute Gasteiger partial charge is 0.370 e. The summed E-state index contributed by atoms with van der Waals surface area (Å²) < 4.78 is 27.6. The fourth-order valence-electron chi connectivity index (χ4n) is 4.78. The summed E-state index contributed by atoms with van der Waals surface area (Å²) >= 11 is 0. The molecule has 0 aliphatic carbocycles. The van der Waals surface area contributed by atoms with Gasteiger partial charge in [0.1, 0.15) is 12.1 Å². The normalized spacial score (nSPS) is 20.1. The molecule has 11 heteroatoms. The number of benzene rings is 1. The van der Waals surface area contributed by atoms with Crippen LogP contribution < -0.4 is 15.4 Å². The van der Waals surface area contributed by atoms with E-state index in [-0.39, 0.29) is 17.8 Å². The van der Waals surface area contributed by atoms with E-state index in [1.807, 2.05) is 4.90 Å². The Morgan fingerprint density at radius 3 is 2.31 bits per heavy atom. The Balaban J connectivity index is 1.68. The molecule has 2 fully saturated rings.